The number of amides is 3. The van der Waals surface area contributed by atoms with Gasteiger partial charge in [-0.3, -0.25) is 9.59 Å². The zero-order valence-electron chi connectivity index (χ0n) is 25.2. The minimum absolute atomic E-state index is 0.0553. The maximum atomic E-state index is 14.3. The molecule has 3 aromatic rings. The van der Waals surface area contributed by atoms with Crippen LogP contribution in [0.15, 0.2) is 60.7 Å². The maximum absolute atomic E-state index is 14.3. The predicted molar refractivity (Wildman–Crippen MR) is 163 cm³/mol. The number of hydrogen-bond donors (Lipinski definition) is 3. The Morgan fingerprint density at radius 3 is 2.29 bits per heavy atom. The number of anilines is 1. The smallest absolute Gasteiger partial charge is 0.408 e. The van der Waals surface area contributed by atoms with E-state index in [2.05, 4.69) is 10.6 Å². The molecule has 0 aliphatic carbocycles. The zero-order valence-corrected chi connectivity index (χ0v) is 25.2. The maximum Gasteiger partial charge on any atom is 0.408 e. The van der Waals surface area contributed by atoms with Crippen molar-refractivity contribution in [1.82, 2.24) is 10.2 Å². The van der Waals surface area contributed by atoms with Crippen LogP contribution in [0, 0.1) is 12.8 Å². The van der Waals surface area contributed by atoms with Gasteiger partial charge in [-0.1, -0.05) is 75.7 Å². The molecule has 3 N–H and O–H groups in total. The number of aryl methyl sites for hydroxylation is 1. The summed E-state index contributed by atoms with van der Waals surface area (Å²) in [6, 6.07) is 16.5. The molecular formula is C33H43N3O5. The van der Waals surface area contributed by atoms with Crippen molar-refractivity contribution in [2.75, 3.05) is 11.9 Å². The Morgan fingerprint density at radius 1 is 0.976 bits per heavy atom. The van der Waals surface area contributed by atoms with E-state index in [1.807, 2.05) is 63.2 Å². The highest BCUT2D eigenvalue weighted by Gasteiger charge is 2.39. The van der Waals surface area contributed by atoms with E-state index in [4.69, 9.17) is 4.74 Å². The monoisotopic (exact) mass is 561 g/mol. The molecule has 41 heavy (non-hydrogen) atoms. The standard InChI is InChI=1S/C33H43N3O5/c1-8-19-36(31(39)27(21(3)9-2)35-32(40)41-33(5,6)7)28(26-16-12-13-22(4)29(26)37)30(38)34-25-18-17-23-14-10-11-15-24(23)20-25/h10-18,20-21,27-28,37H,8-9,19H2,1-7H3,(H,34,38)(H,35,40). The molecule has 0 bridgehead atoms. The van der Waals surface area contributed by atoms with Crippen LogP contribution in [0.4, 0.5) is 10.5 Å². The Hall–Kier alpha value is -4.07. The van der Waals surface area contributed by atoms with Crippen LogP contribution < -0.4 is 10.6 Å². The van der Waals surface area contributed by atoms with Gasteiger partial charge in [0.15, 0.2) is 0 Å². The average Bonchev–Trinajstić information content (AvgIpc) is 2.91. The first-order chi connectivity index (χ1) is 19.4. The van der Waals surface area contributed by atoms with E-state index < -0.39 is 35.6 Å². The minimum atomic E-state index is -1.15. The summed E-state index contributed by atoms with van der Waals surface area (Å²) in [6.07, 6.45) is 0.455. The fourth-order valence-electron chi connectivity index (χ4n) is 4.73. The van der Waals surface area contributed by atoms with Gasteiger partial charge >= 0.3 is 6.09 Å². The summed E-state index contributed by atoms with van der Waals surface area (Å²) < 4.78 is 5.45. The van der Waals surface area contributed by atoms with Crippen molar-refractivity contribution in [2.45, 2.75) is 79.0 Å². The number of phenolic OH excluding ortho intramolecular Hbond substituents is 1. The Bertz CT molecular complexity index is 1380. The lowest BCUT2D eigenvalue weighted by atomic mass is 9.94. The van der Waals surface area contributed by atoms with E-state index >= 15 is 0 Å². The van der Waals surface area contributed by atoms with Crippen LogP contribution in [0.25, 0.3) is 10.8 Å². The summed E-state index contributed by atoms with van der Waals surface area (Å²) in [5.74, 6) is -1.19. The molecule has 0 aliphatic heterocycles. The van der Waals surface area contributed by atoms with Gasteiger partial charge < -0.3 is 25.4 Å². The largest absolute Gasteiger partial charge is 0.507 e. The molecule has 0 saturated carbocycles. The molecule has 0 spiro atoms. The van der Waals surface area contributed by atoms with E-state index in [-0.39, 0.29) is 18.2 Å². The van der Waals surface area contributed by atoms with Crippen LogP contribution >= 0.6 is 0 Å². The summed E-state index contributed by atoms with van der Waals surface area (Å²) in [5, 5.41) is 18.8. The molecule has 8 heteroatoms. The Morgan fingerprint density at radius 2 is 1.66 bits per heavy atom. The molecule has 0 aliphatic rings. The molecule has 0 heterocycles. The molecule has 0 fully saturated rings. The van der Waals surface area contributed by atoms with Crippen molar-refractivity contribution in [3.63, 3.8) is 0 Å². The van der Waals surface area contributed by atoms with Crippen LogP contribution in [0.1, 0.15) is 71.6 Å². The molecule has 0 aromatic heterocycles. The normalized spacial score (nSPS) is 13.6. The molecule has 220 valence electrons. The summed E-state index contributed by atoms with van der Waals surface area (Å²) in [4.78, 5) is 42.6. The molecule has 3 rings (SSSR count). The van der Waals surface area contributed by atoms with Crippen LogP contribution in [0.2, 0.25) is 0 Å². The van der Waals surface area contributed by atoms with Crippen LogP contribution in [0.5, 0.6) is 5.75 Å². The first-order valence-corrected chi connectivity index (χ1v) is 14.2. The van der Waals surface area contributed by atoms with Gasteiger partial charge in [-0.2, -0.15) is 0 Å². The quantitative estimate of drug-likeness (QED) is 0.255. The van der Waals surface area contributed by atoms with Gasteiger partial charge in [-0.05, 0) is 68.5 Å². The molecule has 3 aromatic carbocycles. The molecule has 0 saturated heterocycles. The number of hydrogen-bond acceptors (Lipinski definition) is 5. The molecule has 3 atom stereocenters. The molecular weight excluding hydrogens is 518 g/mol. The van der Waals surface area contributed by atoms with Crippen molar-refractivity contribution in [3.8, 4) is 5.75 Å². The van der Waals surface area contributed by atoms with Crippen molar-refractivity contribution < 1.29 is 24.2 Å². The number of aromatic hydroxyl groups is 1. The summed E-state index contributed by atoms with van der Waals surface area (Å²) in [7, 11) is 0. The number of alkyl carbamates (subject to hydrolysis) is 1. The fraction of sp³-hybridized carbons (Fsp3) is 0.424. The first-order valence-electron chi connectivity index (χ1n) is 14.2. The predicted octanol–water partition coefficient (Wildman–Crippen LogP) is 6.71. The zero-order chi connectivity index (χ0) is 30.3. The van der Waals surface area contributed by atoms with Crippen LogP contribution in [-0.4, -0.2) is 46.1 Å². The highest BCUT2D eigenvalue weighted by atomic mass is 16.6. The highest BCUT2D eigenvalue weighted by molar-refractivity contribution is 6.00. The van der Waals surface area contributed by atoms with E-state index in [1.165, 1.54) is 4.90 Å². The average molecular weight is 562 g/mol. The molecule has 8 nitrogen and oxygen atoms in total. The molecule has 3 unspecified atom stereocenters. The van der Waals surface area contributed by atoms with E-state index in [1.54, 1.807) is 45.9 Å². The lowest BCUT2D eigenvalue weighted by Crippen LogP contribution is -2.54. The second-order valence-corrected chi connectivity index (χ2v) is 11.5. The van der Waals surface area contributed by atoms with Gasteiger partial charge in [0.25, 0.3) is 5.91 Å². The van der Waals surface area contributed by atoms with E-state index in [0.717, 1.165) is 10.8 Å². The van der Waals surface area contributed by atoms with Crippen molar-refractivity contribution >= 4 is 34.4 Å². The van der Waals surface area contributed by atoms with Gasteiger partial charge in [0, 0.05) is 17.8 Å². The Balaban J connectivity index is 2.06. The number of rotatable bonds is 10. The number of fused-ring (bicyclic) bond motifs is 1. The number of nitrogens with zero attached hydrogens (tertiary/aromatic N) is 1. The van der Waals surface area contributed by atoms with Gasteiger partial charge in [0.1, 0.15) is 23.4 Å². The Labute approximate surface area is 243 Å². The van der Waals surface area contributed by atoms with Gasteiger partial charge in [0.2, 0.25) is 5.91 Å². The van der Waals surface area contributed by atoms with Crippen LogP contribution in [0.3, 0.4) is 0 Å². The van der Waals surface area contributed by atoms with Gasteiger partial charge in [-0.25, -0.2) is 4.79 Å². The van der Waals surface area contributed by atoms with Crippen molar-refractivity contribution in [1.29, 1.82) is 0 Å². The van der Waals surface area contributed by atoms with Crippen molar-refractivity contribution in [2.24, 2.45) is 5.92 Å². The minimum Gasteiger partial charge on any atom is -0.507 e. The van der Waals surface area contributed by atoms with Crippen LogP contribution in [-0.2, 0) is 14.3 Å². The number of benzene rings is 3. The number of carbonyl (C=O) groups is 3. The second-order valence-electron chi connectivity index (χ2n) is 11.5. The fourth-order valence-corrected chi connectivity index (χ4v) is 4.73. The summed E-state index contributed by atoms with van der Waals surface area (Å²) in [6.45, 7) is 13.0. The third-order valence-corrected chi connectivity index (χ3v) is 7.04. The summed E-state index contributed by atoms with van der Waals surface area (Å²) >= 11 is 0. The third-order valence-electron chi connectivity index (χ3n) is 7.04. The number of para-hydroxylation sites is 1. The highest BCUT2D eigenvalue weighted by Crippen LogP contribution is 2.34. The summed E-state index contributed by atoms with van der Waals surface area (Å²) in [5.41, 5.74) is 0.719. The number of ether oxygens (including phenoxy) is 1. The molecule has 0 radical (unpaired) electrons. The first kappa shape index (κ1) is 31.5. The second kappa shape index (κ2) is 13.5. The van der Waals surface area contributed by atoms with Crippen molar-refractivity contribution in [3.05, 3.63) is 71.8 Å². The van der Waals surface area contributed by atoms with E-state index in [9.17, 15) is 19.5 Å². The topological polar surface area (TPSA) is 108 Å². The van der Waals surface area contributed by atoms with Gasteiger partial charge in [-0.15, -0.1) is 0 Å². The number of nitrogens with one attached hydrogen (secondary N) is 2. The lowest BCUT2D eigenvalue weighted by molar-refractivity contribution is -0.142. The van der Waals surface area contributed by atoms with E-state index in [0.29, 0.717) is 29.7 Å². The SMILES string of the molecule is CCCN(C(=O)C(NC(=O)OC(C)(C)C)C(C)CC)C(C(=O)Nc1ccc2ccccc2c1)c1cccc(C)c1O. The third kappa shape index (κ3) is 7.99. The molecule has 3 amide bonds. The van der Waals surface area contributed by atoms with Gasteiger partial charge in [0.05, 0.1) is 0 Å². The lowest BCUT2D eigenvalue weighted by Gasteiger charge is -2.36. The number of carbonyl (C=O) groups excluding carboxylic acids is 3. The Kier molecular flexibility index (Phi) is 10.4. The number of phenols is 1.